The first-order valence-corrected chi connectivity index (χ1v) is 11.1. The third-order valence-corrected chi connectivity index (χ3v) is 6.16. The molecular formula is C22H18FN3O6S. The molecule has 3 aromatic carbocycles. The minimum atomic E-state index is -4.04. The lowest BCUT2D eigenvalue weighted by Gasteiger charge is -2.12. The molecule has 0 aliphatic carbocycles. The van der Waals surface area contributed by atoms with Crippen LogP contribution in [0.25, 0.3) is 0 Å². The highest BCUT2D eigenvalue weighted by atomic mass is 32.2. The molecule has 11 heteroatoms. The quantitative estimate of drug-likeness (QED) is 0.492. The first kappa shape index (κ1) is 22.1. The Labute approximate surface area is 188 Å². The molecular weight excluding hydrogens is 453 g/mol. The topological polar surface area (TPSA) is 123 Å². The van der Waals surface area contributed by atoms with Crippen molar-refractivity contribution < 1.29 is 31.9 Å². The minimum absolute atomic E-state index is 0.0444. The lowest BCUT2D eigenvalue weighted by atomic mass is 10.1. The summed E-state index contributed by atoms with van der Waals surface area (Å²) >= 11 is 0. The van der Waals surface area contributed by atoms with Crippen LogP contribution in [-0.4, -0.2) is 27.0 Å². The Morgan fingerprint density at radius 2 is 1.58 bits per heavy atom. The highest BCUT2D eigenvalue weighted by molar-refractivity contribution is 7.92. The van der Waals surface area contributed by atoms with E-state index in [1.54, 1.807) is 13.0 Å². The highest BCUT2D eigenvalue weighted by Gasteiger charge is 2.20. The Bertz CT molecular complexity index is 1340. The summed E-state index contributed by atoms with van der Waals surface area (Å²) in [6, 6.07) is 13.3. The molecule has 1 heterocycles. The fraction of sp³-hybridized carbons (Fsp3) is 0.0909. The summed E-state index contributed by atoms with van der Waals surface area (Å²) < 4.78 is 51.2. The van der Waals surface area contributed by atoms with Crippen LogP contribution in [0.3, 0.4) is 0 Å². The van der Waals surface area contributed by atoms with Gasteiger partial charge in [0.1, 0.15) is 5.82 Å². The molecule has 1 aliphatic rings. The van der Waals surface area contributed by atoms with E-state index in [2.05, 4.69) is 15.6 Å². The Morgan fingerprint density at radius 1 is 0.879 bits per heavy atom. The maximum absolute atomic E-state index is 13.1. The monoisotopic (exact) mass is 471 g/mol. The van der Waals surface area contributed by atoms with Crippen LogP contribution in [-0.2, 0) is 10.0 Å². The van der Waals surface area contributed by atoms with Crippen molar-refractivity contribution in [3.63, 3.8) is 0 Å². The van der Waals surface area contributed by atoms with Gasteiger partial charge in [-0.1, -0.05) is 6.07 Å². The van der Waals surface area contributed by atoms with E-state index in [4.69, 9.17) is 9.47 Å². The highest BCUT2D eigenvalue weighted by Crippen LogP contribution is 2.32. The second kappa shape index (κ2) is 8.79. The Kier molecular flexibility index (Phi) is 5.88. The molecule has 0 saturated carbocycles. The Hall–Kier alpha value is -4.12. The number of hydrazine groups is 1. The van der Waals surface area contributed by atoms with E-state index >= 15 is 0 Å². The molecule has 0 radical (unpaired) electrons. The van der Waals surface area contributed by atoms with E-state index < -0.39 is 27.7 Å². The average molecular weight is 471 g/mol. The predicted molar refractivity (Wildman–Crippen MR) is 116 cm³/mol. The summed E-state index contributed by atoms with van der Waals surface area (Å²) in [5, 5.41) is 0. The van der Waals surface area contributed by atoms with Crippen LogP contribution in [0.2, 0.25) is 0 Å². The van der Waals surface area contributed by atoms with Gasteiger partial charge in [-0.25, -0.2) is 12.8 Å². The van der Waals surface area contributed by atoms with Crippen LogP contribution in [0.5, 0.6) is 11.5 Å². The number of rotatable bonds is 5. The fourth-order valence-electron chi connectivity index (χ4n) is 3.04. The number of hydrogen-bond acceptors (Lipinski definition) is 6. The van der Waals surface area contributed by atoms with Crippen molar-refractivity contribution >= 4 is 27.5 Å². The van der Waals surface area contributed by atoms with Crippen molar-refractivity contribution in [3.8, 4) is 11.5 Å². The summed E-state index contributed by atoms with van der Waals surface area (Å²) in [6.07, 6.45) is 0. The van der Waals surface area contributed by atoms with Crippen molar-refractivity contribution in [3.05, 3.63) is 83.2 Å². The van der Waals surface area contributed by atoms with E-state index in [-0.39, 0.29) is 28.5 Å². The minimum Gasteiger partial charge on any atom is -0.454 e. The molecule has 0 spiro atoms. The number of fused-ring (bicyclic) bond motifs is 1. The Balaban J connectivity index is 1.47. The number of carbonyl (C=O) groups excluding carboxylic acids is 2. The summed E-state index contributed by atoms with van der Waals surface area (Å²) in [6.45, 7) is 1.68. The van der Waals surface area contributed by atoms with Gasteiger partial charge in [0.25, 0.3) is 21.8 Å². The van der Waals surface area contributed by atoms with Gasteiger partial charge >= 0.3 is 0 Å². The number of hydrogen-bond donors (Lipinski definition) is 3. The SMILES string of the molecule is Cc1ccc(S(=O)(=O)Nc2ccc(F)cc2)cc1C(=O)NNC(=O)c1ccc2c(c1)OCO2. The van der Waals surface area contributed by atoms with Crippen molar-refractivity contribution in [1.29, 1.82) is 0 Å². The first-order valence-electron chi connectivity index (χ1n) is 9.62. The second-order valence-electron chi connectivity index (χ2n) is 7.07. The smallest absolute Gasteiger partial charge is 0.270 e. The van der Waals surface area contributed by atoms with Crippen LogP contribution >= 0.6 is 0 Å². The maximum Gasteiger partial charge on any atom is 0.270 e. The summed E-state index contributed by atoms with van der Waals surface area (Å²) in [5.74, 6) is -0.883. The van der Waals surface area contributed by atoms with E-state index in [1.165, 1.54) is 42.5 Å². The molecule has 3 aromatic rings. The standard InChI is InChI=1S/C22H18FN3O6S/c1-13-2-8-17(33(29,30)26-16-6-4-15(23)5-7-16)11-18(13)22(28)25-24-21(27)14-3-9-19-20(10-14)32-12-31-19/h2-11,26H,12H2,1H3,(H,24,27)(H,25,28). The number of halogens is 1. The third kappa shape index (κ3) is 4.88. The number of anilines is 1. The van der Waals surface area contributed by atoms with E-state index in [9.17, 15) is 22.4 Å². The van der Waals surface area contributed by atoms with Crippen molar-refractivity contribution in [1.82, 2.24) is 10.9 Å². The molecule has 0 unspecified atom stereocenters. The zero-order chi connectivity index (χ0) is 23.6. The molecule has 33 heavy (non-hydrogen) atoms. The van der Waals surface area contributed by atoms with Gasteiger partial charge in [-0.05, 0) is 67.1 Å². The number of carbonyl (C=O) groups is 2. The lowest BCUT2D eigenvalue weighted by molar-refractivity contribution is 0.0846. The van der Waals surface area contributed by atoms with Gasteiger partial charge in [-0.2, -0.15) is 0 Å². The average Bonchev–Trinajstić information content (AvgIpc) is 3.26. The molecule has 3 N–H and O–H groups in total. The van der Waals surface area contributed by atoms with Crippen LogP contribution in [0.15, 0.2) is 65.6 Å². The first-order chi connectivity index (χ1) is 15.7. The zero-order valence-electron chi connectivity index (χ0n) is 17.2. The molecule has 0 atom stereocenters. The van der Waals surface area contributed by atoms with Crippen molar-refractivity contribution in [2.75, 3.05) is 11.5 Å². The van der Waals surface area contributed by atoms with Gasteiger partial charge in [0.05, 0.1) is 4.90 Å². The van der Waals surface area contributed by atoms with Crippen molar-refractivity contribution in [2.24, 2.45) is 0 Å². The lowest BCUT2D eigenvalue weighted by Crippen LogP contribution is -2.41. The van der Waals surface area contributed by atoms with Crippen LogP contribution in [0, 0.1) is 12.7 Å². The molecule has 0 bridgehead atoms. The van der Waals surface area contributed by atoms with Crippen molar-refractivity contribution in [2.45, 2.75) is 11.8 Å². The molecule has 0 aromatic heterocycles. The van der Waals surface area contributed by atoms with Gasteiger partial charge in [0.2, 0.25) is 6.79 Å². The van der Waals surface area contributed by atoms with E-state index in [0.29, 0.717) is 17.1 Å². The van der Waals surface area contributed by atoms with E-state index in [1.807, 2.05) is 0 Å². The maximum atomic E-state index is 13.1. The number of nitrogens with one attached hydrogen (secondary N) is 3. The number of ether oxygens (including phenoxy) is 2. The molecule has 170 valence electrons. The predicted octanol–water partition coefficient (Wildman–Crippen LogP) is 2.74. The number of benzene rings is 3. The van der Waals surface area contributed by atoms with Gasteiger partial charge in [0, 0.05) is 16.8 Å². The number of amides is 2. The van der Waals surface area contributed by atoms with Gasteiger partial charge in [0.15, 0.2) is 11.5 Å². The van der Waals surface area contributed by atoms with E-state index in [0.717, 1.165) is 12.1 Å². The summed E-state index contributed by atoms with van der Waals surface area (Å²) in [4.78, 5) is 24.8. The molecule has 9 nitrogen and oxygen atoms in total. The largest absolute Gasteiger partial charge is 0.454 e. The fourth-order valence-corrected chi connectivity index (χ4v) is 4.12. The molecule has 2 amide bonds. The molecule has 1 aliphatic heterocycles. The van der Waals surface area contributed by atoms with Gasteiger partial charge in [-0.15, -0.1) is 0 Å². The van der Waals surface area contributed by atoms with Crippen LogP contribution in [0.4, 0.5) is 10.1 Å². The molecule has 4 rings (SSSR count). The summed E-state index contributed by atoms with van der Waals surface area (Å²) in [7, 11) is -4.04. The van der Waals surface area contributed by atoms with Crippen LogP contribution < -0.4 is 25.0 Å². The molecule has 0 saturated heterocycles. The summed E-state index contributed by atoms with van der Waals surface area (Å²) in [5.41, 5.74) is 5.49. The number of aryl methyl sites for hydroxylation is 1. The number of sulfonamides is 1. The normalized spacial score (nSPS) is 12.2. The Morgan fingerprint density at radius 3 is 2.33 bits per heavy atom. The zero-order valence-corrected chi connectivity index (χ0v) is 18.0. The third-order valence-electron chi connectivity index (χ3n) is 4.78. The van der Waals surface area contributed by atoms with Crippen LogP contribution in [0.1, 0.15) is 26.3 Å². The van der Waals surface area contributed by atoms with Gasteiger partial charge in [-0.3, -0.25) is 25.2 Å². The molecule has 0 fully saturated rings. The second-order valence-corrected chi connectivity index (χ2v) is 8.75. The van der Waals surface area contributed by atoms with Gasteiger partial charge < -0.3 is 9.47 Å².